The van der Waals surface area contributed by atoms with E-state index in [2.05, 4.69) is 50.5 Å². The first kappa shape index (κ1) is 24.0. The third-order valence-electron chi connectivity index (χ3n) is 4.41. The second kappa shape index (κ2) is 12.5. The Balaban J connectivity index is 0.00000338. The van der Waals surface area contributed by atoms with Crippen LogP contribution in [0.15, 0.2) is 17.1 Å². The summed E-state index contributed by atoms with van der Waals surface area (Å²) in [5.74, 6) is 2.07. The molecule has 1 aliphatic heterocycles. The number of hydrogen-bond acceptors (Lipinski definition) is 4. The number of thiophene rings is 1. The first-order valence-electron chi connectivity index (χ1n) is 9.39. The molecule has 0 aliphatic carbocycles. The molecule has 26 heavy (non-hydrogen) atoms. The highest BCUT2D eigenvalue weighted by molar-refractivity contribution is 14.0. The predicted molar refractivity (Wildman–Crippen MR) is 128 cm³/mol. The minimum absolute atomic E-state index is 0. The van der Waals surface area contributed by atoms with Crippen molar-refractivity contribution in [3.63, 3.8) is 0 Å². The fourth-order valence-electron chi connectivity index (χ4n) is 3.12. The molecule has 1 aromatic heterocycles. The van der Waals surface area contributed by atoms with Crippen LogP contribution in [0.25, 0.3) is 0 Å². The number of aryl methyl sites for hydroxylation is 1. The maximum atomic E-state index is 5.57. The molecule has 1 saturated heterocycles. The first-order valence-corrected chi connectivity index (χ1v) is 11.2. The third kappa shape index (κ3) is 7.94. The second-order valence-electron chi connectivity index (χ2n) is 6.69. The fraction of sp³-hybridized carbons (Fsp3) is 0.737. The van der Waals surface area contributed by atoms with Crippen molar-refractivity contribution in [2.45, 2.75) is 57.7 Å². The van der Waals surface area contributed by atoms with Gasteiger partial charge in [-0.25, -0.2) is 0 Å². The van der Waals surface area contributed by atoms with Gasteiger partial charge in [0.25, 0.3) is 0 Å². The summed E-state index contributed by atoms with van der Waals surface area (Å²) < 4.78 is 5.81. The van der Waals surface area contributed by atoms with Gasteiger partial charge in [-0.15, -0.1) is 35.3 Å². The Labute approximate surface area is 184 Å². The van der Waals surface area contributed by atoms with Crippen molar-refractivity contribution < 1.29 is 4.74 Å². The minimum Gasteiger partial charge on any atom is -0.381 e. The molecule has 2 heterocycles. The highest BCUT2D eigenvalue weighted by Crippen LogP contribution is 2.35. The largest absolute Gasteiger partial charge is 0.381 e. The van der Waals surface area contributed by atoms with Crippen molar-refractivity contribution in [2.75, 3.05) is 32.1 Å². The summed E-state index contributed by atoms with van der Waals surface area (Å²) >= 11 is 3.92. The normalized spacial score (nSPS) is 18.1. The van der Waals surface area contributed by atoms with Crippen molar-refractivity contribution in [3.8, 4) is 0 Å². The molecular weight excluding hydrogens is 477 g/mol. The summed E-state index contributed by atoms with van der Waals surface area (Å²) in [5.41, 5.74) is 0. The zero-order valence-corrected chi connectivity index (χ0v) is 20.4. The van der Waals surface area contributed by atoms with Gasteiger partial charge in [0.15, 0.2) is 5.96 Å². The van der Waals surface area contributed by atoms with Crippen LogP contribution in [0.5, 0.6) is 0 Å². The van der Waals surface area contributed by atoms with E-state index >= 15 is 0 Å². The molecule has 150 valence electrons. The molecular formula is C19H34IN3OS2. The quantitative estimate of drug-likeness (QED) is 0.307. The molecule has 4 nitrogen and oxygen atoms in total. The average molecular weight is 512 g/mol. The van der Waals surface area contributed by atoms with E-state index in [9.17, 15) is 0 Å². The molecule has 0 bridgehead atoms. The fourth-order valence-corrected chi connectivity index (χ4v) is 5.36. The second-order valence-corrected chi connectivity index (χ2v) is 9.79. The average Bonchev–Trinajstić information content (AvgIpc) is 2.99. The Hall–Kier alpha value is 0.01000. The number of thioether (sulfide) groups is 1. The van der Waals surface area contributed by atoms with E-state index in [-0.39, 0.29) is 28.7 Å². The van der Waals surface area contributed by atoms with Crippen LogP contribution in [0, 0.1) is 6.92 Å². The van der Waals surface area contributed by atoms with Crippen LogP contribution in [-0.4, -0.2) is 48.8 Å². The number of nitrogens with one attached hydrogen (secondary N) is 2. The zero-order valence-electron chi connectivity index (χ0n) is 16.5. The third-order valence-corrected chi connectivity index (χ3v) is 6.87. The summed E-state index contributed by atoms with van der Waals surface area (Å²) in [6.45, 7) is 12.2. The zero-order chi connectivity index (χ0) is 18.1. The monoisotopic (exact) mass is 511 g/mol. The lowest BCUT2D eigenvalue weighted by molar-refractivity contribution is 0.0793. The highest BCUT2D eigenvalue weighted by atomic mass is 127. The Bertz CT molecular complexity index is 539. The summed E-state index contributed by atoms with van der Waals surface area (Å²) in [6.07, 6.45) is 3.22. The topological polar surface area (TPSA) is 45.7 Å². The number of rotatable bonds is 8. The lowest BCUT2D eigenvalue weighted by atomic mass is 9.99. The predicted octanol–water partition coefficient (Wildman–Crippen LogP) is 4.46. The van der Waals surface area contributed by atoms with Gasteiger partial charge >= 0.3 is 0 Å². The molecule has 7 heteroatoms. The van der Waals surface area contributed by atoms with E-state index in [4.69, 9.17) is 9.73 Å². The number of halogens is 1. The molecule has 1 atom stereocenters. The Morgan fingerprint density at radius 1 is 1.35 bits per heavy atom. The molecule has 2 N–H and O–H groups in total. The van der Waals surface area contributed by atoms with Crippen molar-refractivity contribution in [1.29, 1.82) is 0 Å². The van der Waals surface area contributed by atoms with Crippen molar-refractivity contribution in [3.05, 3.63) is 21.9 Å². The molecule has 0 amide bonds. The van der Waals surface area contributed by atoms with E-state index in [1.165, 1.54) is 9.75 Å². The maximum absolute atomic E-state index is 5.57. The van der Waals surface area contributed by atoms with E-state index in [0.29, 0.717) is 6.04 Å². The lowest BCUT2D eigenvalue weighted by Crippen LogP contribution is -2.44. The Morgan fingerprint density at radius 3 is 2.65 bits per heavy atom. The number of aliphatic imine (C=N–C) groups is 1. The van der Waals surface area contributed by atoms with Gasteiger partial charge in [-0.1, -0.05) is 6.92 Å². The number of hydrogen-bond donors (Lipinski definition) is 2. The molecule has 1 aliphatic rings. The molecule has 0 aromatic carbocycles. The standard InChI is InChI=1S/C19H33N3OS2.HI/c1-5-20-18(22-15(3)13-17-8-7-16(4)25-17)21-14-19(24-6-2)9-11-23-12-10-19;/h7-8,15H,5-6,9-14H2,1-4H3,(H2,20,21,22);1H. The molecule has 2 rings (SSSR count). The molecule has 0 spiro atoms. The van der Waals surface area contributed by atoms with E-state index in [1.54, 1.807) is 0 Å². The lowest BCUT2D eigenvalue weighted by Gasteiger charge is -2.35. The van der Waals surface area contributed by atoms with Crippen LogP contribution in [0.4, 0.5) is 0 Å². The van der Waals surface area contributed by atoms with Gasteiger partial charge in [0.1, 0.15) is 0 Å². The highest BCUT2D eigenvalue weighted by Gasteiger charge is 2.32. The van der Waals surface area contributed by atoms with Gasteiger partial charge in [-0.2, -0.15) is 11.8 Å². The summed E-state index contributed by atoms with van der Waals surface area (Å²) in [6, 6.07) is 4.79. The number of guanidine groups is 1. The van der Waals surface area contributed by atoms with Crippen molar-refractivity contribution in [2.24, 2.45) is 4.99 Å². The van der Waals surface area contributed by atoms with Crippen LogP contribution in [0.1, 0.15) is 43.4 Å². The van der Waals surface area contributed by atoms with Gasteiger partial charge in [0, 0.05) is 46.7 Å². The van der Waals surface area contributed by atoms with Crippen LogP contribution >= 0.6 is 47.1 Å². The SMILES string of the molecule is CCNC(=NCC1(SCC)CCOCC1)NC(C)Cc1ccc(C)s1.I. The van der Waals surface area contributed by atoms with E-state index in [0.717, 1.165) is 57.3 Å². The molecule has 1 aromatic rings. The van der Waals surface area contributed by atoms with Gasteiger partial charge in [-0.05, 0) is 51.5 Å². The molecule has 1 fully saturated rings. The van der Waals surface area contributed by atoms with Gasteiger partial charge in [0.05, 0.1) is 6.54 Å². The molecule has 1 unspecified atom stereocenters. The van der Waals surface area contributed by atoms with Crippen LogP contribution in [0.3, 0.4) is 0 Å². The summed E-state index contributed by atoms with van der Waals surface area (Å²) in [4.78, 5) is 7.74. The van der Waals surface area contributed by atoms with Gasteiger partial charge < -0.3 is 15.4 Å². The van der Waals surface area contributed by atoms with Crippen molar-refractivity contribution in [1.82, 2.24) is 10.6 Å². The number of ether oxygens (including phenoxy) is 1. The van der Waals surface area contributed by atoms with Crippen LogP contribution < -0.4 is 10.6 Å². The molecule has 0 saturated carbocycles. The van der Waals surface area contributed by atoms with E-state index < -0.39 is 0 Å². The Morgan fingerprint density at radius 2 is 2.08 bits per heavy atom. The van der Waals surface area contributed by atoms with Crippen LogP contribution in [-0.2, 0) is 11.2 Å². The molecule has 0 radical (unpaired) electrons. The number of nitrogens with zero attached hydrogens (tertiary/aromatic N) is 1. The van der Waals surface area contributed by atoms with Crippen LogP contribution in [0.2, 0.25) is 0 Å². The van der Waals surface area contributed by atoms with Gasteiger partial charge in [-0.3, -0.25) is 4.99 Å². The smallest absolute Gasteiger partial charge is 0.191 e. The van der Waals surface area contributed by atoms with E-state index in [1.807, 2.05) is 23.1 Å². The maximum Gasteiger partial charge on any atom is 0.191 e. The van der Waals surface area contributed by atoms with Gasteiger partial charge in [0.2, 0.25) is 0 Å². The summed E-state index contributed by atoms with van der Waals surface area (Å²) in [5, 5.41) is 6.98. The first-order chi connectivity index (χ1) is 12.1. The minimum atomic E-state index is 0. The summed E-state index contributed by atoms with van der Waals surface area (Å²) in [7, 11) is 0. The Kier molecular flexibility index (Phi) is 11.5. The van der Waals surface area contributed by atoms with Crippen molar-refractivity contribution >= 4 is 53.0 Å².